The summed E-state index contributed by atoms with van der Waals surface area (Å²) in [5.41, 5.74) is 2.57. The number of hydrogen-bond acceptors (Lipinski definition) is 6. The number of aromatic amines is 1. The lowest BCUT2D eigenvalue weighted by atomic mass is 10.0. The minimum atomic E-state index is -2.32. The highest BCUT2D eigenvalue weighted by Gasteiger charge is 2.29. The third kappa shape index (κ3) is 3.37. The second kappa shape index (κ2) is 6.53. The van der Waals surface area contributed by atoms with Gasteiger partial charge in [0.1, 0.15) is 11.5 Å². The predicted molar refractivity (Wildman–Crippen MR) is 106 cm³/mol. The smallest absolute Gasteiger partial charge is 0.231 e. The average Bonchev–Trinajstić information content (AvgIpc) is 3.26. The zero-order chi connectivity index (χ0) is 20.9. The molecule has 2 atom stereocenters. The van der Waals surface area contributed by atoms with Crippen LogP contribution in [0.25, 0.3) is 11.0 Å². The number of aromatic nitrogens is 5. The van der Waals surface area contributed by atoms with Gasteiger partial charge >= 0.3 is 0 Å². The summed E-state index contributed by atoms with van der Waals surface area (Å²) in [6.45, 7) is 0.781. The molecule has 4 N–H and O–H groups in total. The number of H-pyrrole nitrogens is 1. The Morgan fingerprint density at radius 1 is 1.26 bits per heavy atom. The first-order valence-corrected chi connectivity index (χ1v) is 9.58. The van der Waals surface area contributed by atoms with E-state index < -0.39 is 6.98 Å². The summed E-state index contributed by atoms with van der Waals surface area (Å²) in [7, 11) is 0. The van der Waals surface area contributed by atoms with Gasteiger partial charge in [-0.05, 0) is 44.1 Å². The largest absolute Gasteiger partial charge is 0.365 e. The topological polar surface area (TPSA) is 95.5 Å². The maximum Gasteiger partial charge on any atom is 0.231 e. The van der Waals surface area contributed by atoms with Crippen LogP contribution in [-0.4, -0.2) is 43.4 Å². The number of fused-ring (bicyclic) bond motifs is 1. The number of rotatable bonds is 5. The Morgan fingerprint density at radius 3 is 2.93 bits per heavy atom. The highest BCUT2D eigenvalue weighted by atomic mass is 15.3. The van der Waals surface area contributed by atoms with Crippen molar-refractivity contribution in [2.24, 2.45) is 6.98 Å². The number of hydrogen-bond donors (Lipinski definition) is 4. The molecular weight excluding hydrogens is 340 g/mol. The highest BCUT2D eigenvalue weighted by Crippen LogP contribution is 2.44. The molecule has 4 heterocycles. The summed E-state index contributed by atoms with van der Waals surface area (Å²) in [6, 6.07) is 0.835. The molecular formula is C19H26N8. The standard InChI is InChI=1S/C19H26N8/c1-11-3-6-13(7-20-11)23-18-16-15(12-4-5-12)9-21-17(16)25-19(26-18)24-14-8-22-27(2)10-14/h8-13,20H,3-7H2,1-2H3,(H3,21,23,24,25,26)/t11-,13+/m0/s1/i2D3. The first-order chi connectivity index (χ1) is 14.4. The van der Waals surface area contributed by atoms with Gasteiger partial charge in [-0.1, -0.05) is 0 Å². The Labute approximate surface area is 162 Å². The quantitative estimate of drug-likeness (QED) is 0.552. The molecule has 0 bridgehead atoms. The zero-order valence-electron chi connectivity index (χ0n) is 18.3. The van der Waals surface area contributed by atoms with Crippen molar-refractivity contribution < 1.29 is 4.11 Å². The van der Waals surface area contributed by atoms with Crippen molar-refractivity contribution in [3.63, 3.8) is 0 Å². The van der Waals surface area contributed by atoms with E-state index in [1.165, 1.54) is 30.8 Å². The third-order valence-corrected chi connectivity index (χ3v) is 5.42. The number of piperidine rings is 1. The lowest BCUT2D eigenvalue weighted by molar-refractivity contribution is 0.398. The summed E-state index contributed by atoms with van der Waals surface area (Å²) in [4.78, 5) is 12.7. The van der Waals surface area contributed by atoms with E-state index in [2.05, 4.69) is 37.9 Å². The SMILES string of the molecule is [2H]C([2H])([2H])n1cc(Nc2nc(N[C@@H]3CC[C@H](C)NC3)c3c(C4CC4)c[nH]c3n2)cn1. The molecule has 27 heavy (non-hydrogen) atoms. The van der Waals surface area contributed by atoms with E-state index in [1.54, 1.807) is 0 Å². The van der Waals surface area contributed by atoms with Crippen LogP contribution < -0.4 is 16.0 Å². The molecule has 0 aromatic carbocycles. The first-order valence-electron chi connectivity index (χ1n) is 11.1. The monoisotopic (exact) mass is 369 g/mol. The molecule has 1 aliphatic carbocycles. The molecule has 3 aromatic heterocycles. The Balaban J connectivity index is 1.46. The number of nitrogens with zero attached hydrogens (tertiary/aromatic N) is 4. The second-order valence-corrected chi connectivity index (χ2v) is 7.66. The Hall–Kier alpha value is -2.61. The van der Waals surface area contributed by atoms with Crippen molar-refractivity contribution in [3.05, 3.63) is 24.2 Å². The summed E-state index contributed by atoms with van der Waals surface area (Å²) in [5, 5.41) is 15.2. The van der Waals surface area contributed by atoms with Gasteiger partial charge in [-0.25, -0.2) is 0 Å². The highest BCUT2D eigenvalue weighted by molar-refractivity contribution is 5.92. The molecule has 1 saturated heterocycles. The van der Waals surface area contributed by atoms with Gasteiger partial charge in [0.15, 0.2) is 0 Å². The molecule has 2 fully saturated rings. The van der Waals surface area contributed by atoms with Crippen molar-refractivity contribution >= 4 is 28.5 Å². The minimum Gasteiger partial charge on any atom is -0.365 e. The van der Waals surface area contributed by atoms with Crippen LogP contribution in [-0.2, 0) is 6.98 Å². The van der Waals surface area contributed by atoms with Crippen molar-refractivity contribution in [1.29, 1.82) is 0 Å². The number of nitrogens with one attached hydrogen (secondary N) is 4. The number of anilines is 3. The fourth-order valence-electron chi connectivity index (χ4n) is 3.77. The van der Waals surface area contributed by atoms with Crippen molar-refractivity contribution in [3.8, 4) is 0 Å². The minimum absolute atomic E-state index is 0.299. The molecule has 0 amide bonds. The Bertz CT molecular complexity index is 1040. The van der Waals surface area contributed by atoms with Crippen LogP contribution in [0.4, 0.5) is 17.5 Å². The van der Waals surface area contributed by atoms with Crippen LogP contribution in [0, 0.1) is 0 Å². The van der Waals surface area contributed by atoms with Gasteiger partial charge < -0.3 is 20.9 Å². The molecule has 142 valence electrons. The molecule has 8 nitrogen and oxygen atoms in total. The van der Waals surface area contributed by atoms with Crippen LogP contribution in [0.15, 0.2) is 18.6 Å². The normalized spacial score (nSPS) is 25.0. The van der Waals surface area contributed by atoms with Crippen LogP contribution >= 0.6 is 0 Å². The van der Waals surface area contributed by atoms with Gasteiger partial charge in [-0.3, -0.25) is 4.68 Å². The van der Waals surface area contributed by atoms with Crippen molar-refractivity contribution in [1.82, 2.24) is 30.0 Å². The molecule has 3 aromatic rings. The van der Waals surface area contributed by atoms with Crippen LogP contribution in [0.5, 0.6) is 0 Å². The Morgan fingerprint density at radius 2 is 2.19 bits per heavy atom. The molecule has 1 aliphatic heterocycles. The van der Waals surface area contributed by atoms with Gasteiger partial charge in [0.2, 0.25) is 5.95 Å². The predicted octanol–water partition coefficient (Wildman–Crippen LogP) is 2.86. The lowest BCUT2D eigenvalue weighted by Crippen LogP contribution is -2.43. The van der Waals surface area contributed by atoms with E-state index in [0.29, 0.717) is 29.6 Å². The average molecular weight is 369 g/mol. The summed E-state index contributed by atoms with van der Waals surface area (Å²) >= 11 is 0. The van der Waals surface area contributed by atoms with E-state index in [-0.39, 0.29) is 0 Å². The van der Waals surface area contributed by atoms with E-state index in [0.717, 1.165) is 40.9 Å². The molecule has 0 spiro atoms. The van der Waals surface area contributed by atoms with E-state index in [1.807, 2.05) is 6.20 Å². The van der Waals surface area contributed by atoms with Gasteiger partial charge in [-0.2, -0.15) is 15.1 Å². The van der Waals surface area contributed by atoms with E-state index >= 15 is 0 Å². The maximum absolute atomic E-state index is 7.47. The van der Waals surface area contributed by atoms with Crippen molar-refractivity contribution in [2.75, 3.05) is 17.2 Å². The second-order valence-electron chi connectivity index (χ2n) is 7.66. The molecule has 8 heteroatoms. The number of aryl methyl sites for hydroxylation is 1. The maximum atomic E-state index is 7.47. The van der Waals surface area contributed by atoms with Gasteiger partial charge in [0, 0.05) is 42.1 Å². The fourth-order valence-corrected chi connectivity index (χ4v) is 3.77. The zero-order valence-corrected chi connectivity index (χ0v) is 15.3. The first kappa shape index (κ1) is 13.5. The third-order valence-electron chi connectivity index (χ3n) is 5.42. The molecule has 1 saturated carbocycles. The molecule has 0 unspecified atom stereocenters. The van der Waals surface area contributed by atoms with E-state index in [4.69, 9.17) is 9.10 Å². The van der Waals surface area contributed by atoms with Gasteiger partial charge in [0.05, 0.1) is 17.3 Å². The van der Waals surface area contributed by atoms with Crippen LogP contribution in [0.2, 0.25) is 0 Å². The Kier molecular flexibility index (Phi) is 3.27. The lowest BCUT2D eigenvalue weighted by Gasteiger charge is -2.29. The summed E-state index contributed by atoms with van der Waals surface area (Å²) in [5.74, 6) is 1.79. The summed E-state index contributed by atoms with van der Waals surface area (Å²) < 4.78 is 23.4. The molecule has 5 rings (SSSR count). The summed E-state index contributed by atoms with van der Waals surface area (Å²) in [6.07, 6.45) is 9.53. The molecule has 0 radical (unpaired) electrons. The fraction of sp³-hybridized carbons (Fsp3) is 0.526. The van der Waals surface area contributed by atoms with Crippen LogP contribution in [0.1, 0.15) is 48.2 Å². The molecule has 2 aliphatic rings. The van der Waals surface area contributed by atoms with Crippen LogP contribution in [0.3, 0.4) is 0 Å². The van der Waals surface area contributed by atoms with Crippen molar-refractivity contribution in [2.45, 2.75) is 50.6 Å². The van der Waals surface area contributed by atoms with Gasteiger partial charge in [0.25, 0.3) is 0 Å². The van der Waals surface area contributed by atoms with Gasteiger partial charge in [-0.15, -0.1) is 0 Å². The van der Waals surface area contributed by atoms with E-state index in [9.17, 15) is 0 Å².